The van der Waals surface area contributed by atoms with Gasteiger partial charge in [-0.1, -0.05) is 41.0 Å². The summed E-state index contributed by atoms with van der Waals surface area (Å²) in [6.07, 6.45) is 6.96. The molecule has 5 heteroatoms. The summed E-state index contributed by atoms with van der Waals surface area (Å²) in [6.45, 7) is 10.8. The average molecular weight is 363 g/mol. The molecule has 26 heavy (non-hydrogen) atoms. The van der Waals surface area contributed by atoms with E-state index in [1.165, 1.54) is 12.7 Å². The molecular weight excluding hydrogens is 328 g/mol. The second-order valence-electron chi connectivity index (χ2n) is 8.57. The molecule has 0 radical (unpaired) electrons. The van der Waals surface area contributed by atoms with Crippen LogP contribution in [-0.4, -0.2) is 23.9 Å². The molecule has 1 aromatic heterocycles. The monoisotopic (exact) mass is 362 g/mol. The van der Waals surface area contributed by atoms with Crippen molar-refractivity contribution in [3.63, 3.8) is 0 Å². The van der Waals surface area contributed by atoms with Crippen LogP contribution in [0.1, 0.15) is 77.3 Å². The van der Waals surface area contributed by atoms with Crippen molar-refractivity contribution in [1.29, 1.82) is 0 Å². The molecule has 1 atom stereocenters. The number of amides is 2. The SMILES string of the molecule is CCC(C)(C)C1CCC(NC(=O)C(NC(=O)c2ccco2)C(C)C)CC1. The summed E-state index contributed by atoms with van der Waals surface area (Å²) in [6, 6.07) is 2.90. The van der Waals surface area contributed by atoms with Gasteiger partial charge in [0.15, 0.2) is 5.76 Å². The van der Waals surface area contributed by atoms with E-state index in [4.69, 9.17) is 4.42 Å². The molecule has 0 aromatic carbocycles. The van der Waals surface area contributed by atoms with Crippen LogP contribution in [0.4, 0.5) is 0 Å². The first-order chi connectivity index (χ1) is 12.2. The third-order valence-corrected chi connectivity index (χ3v) is 6.07. The second-order valence-corrected chi connectivity index (χ2v) is 8.57. The van der Waals surface area contributed by atoms with Gasteiger partial charge < -0.3 is 15.1 Å². The van der Waals surface area contributed by atoms with Crippen molar-refractivity contribution in [2.45, 2.75) is 78.8 Å². The van der Waals surface area contributed by atoms with Gasteiger partial charge in [0, 0.05) is 6.04 Å². The Morgan fingerprint density at radius 3 is 2.38 bits per heavy atom. The van der Waals surface area contributed by atoms with Crippen LogP contribution in [0, 0.1) is 17.3 Å². The molecule has 0 spiro atoms. The van der Waals surface area contributed by atoms with Gasteiger partial charge in [0.05, 0.1) is 6.26 Å². The molecule has 1 heterocycles. The lowest BCUT2D eigenvalue weighted by atomic mass is 9.69. The fourth-order valence-electron chi connectivity index (χ4n) is 3.75. The van der Waals surface area contributed by atoms with Gasteiger partial charge in [-0.05, 0) is 55.1 Å². The number of rotatable bonds is 7. The van der Waals surface area contributed by atoms with Crippen LogP contribution in [0.2, 0.25) is 0 Å². The van der Waals surface area contributed by atoms with E-state index in [0.29, 0.717) is 5.41 Å². The van der Waals surface area contributed by atoms with Gasteiger partial charge in [0.1, 0.15) is 6.04 Å². The number of furan rings is 1. The zero-order valence-corrected chi connectivity index (χ0v) is 16.8. The van der Waals surface area contributed by atoms with E-state index >= 15 is 0 Å². The van der Waals surface area contributed by atoms with Crippen molar-refractivity contribution in [3.8, 4) is 0 Å². The summed E-state index contributed by atoms with van der Waals surface area (Å²) in [5.74, 6) is 0.505. The molecule has 146 valence electrons. The largest absolute Gasteiger partial charge is 0.459 e. The van der Waals surface area contributed by atoms with Crippen LogP contribution in [0.3, 0.4) is 0 Å². The Hall–Kier alpha value is -1.78. The molecule has 2 N–H and O–H groups in total. The van der Waals surface area contributed by atoms with Crippen molar-refractivity contribution in [2.75, 3.05) is 0 Å². The number of carbonyl (C=O) groups is 2. The minimum absolute atomic E-state index is 0.00396. The first-order valence-corrected chi connectivity index (χ1v) is 9.89. The second kappa shape index (κ2) is 8.74. The van der Waals surface area contributed by atoms with Gasteiger partial charge in [0.25, 0.3) is 5.91 Å². The maximum absolute atomic E-state index is 12.7. The van der Waals surface area contributed by atoms with Crippen molar-refractivity contribution in [2.24, 2.45) is 17.3 Å². The van der Waals surface area contributed by atoms with Crippen molar-refractivity contribution in [1.82, 2.24) is 10.6 Å². The molecule has 1 aliphatic carbocycles. The van der Waals surface area contributed by atoms with E-state index in [1.807, 2.05) is 13.8 Å². The molecule has 5 nitrogen and oxygen atoms in total. The Balaban J connectivity index is 1.89. The number of nitrogens with one attached hydrogen (secondary N) is 2. The lowest BCUT2D eigenvalue weighted by molar-refractivity contribution is -0.125. The molecule has 0 saturated heterocycles. The van der Waals surface area contributed by atoms with Crippen molar-refractivity contribution >= 4 is 11.8 Å². The Kier molecular flexibility index (Phi) is 6.90. The van der Waals surface area contributed by atoms with E-state index in [1.54, 1.807) is 12.1 Å². The Bertz CT molecular complexity index is 584. The van der Waals surface area contributed by atoms with Gasteiger partial charge in [-0.15, -0.1) is 0 Å². The lowest BCUT2D eigenvalue weighted by Crippen LogP contribution is -2.52. The molecule has 2 amide bonds. The topological polar surface area (TPSA) is 71.3 Å². The number of hydrogen-bond acceptors (Lipinski definition) is 3. The minimum Gasteiger partial charge on any atom is -0.459 e. The number of hydrogen-bond donors (Lipinski definition) is 2. The van der Waals surface area contributed by atoms with Gasteiger partial charge in [-0.25, -0.2) is 0 Å². The smallest absolute Gasteiger partial charge is 0.287 e. The zero-order valence-electron chi connectivity index (χ0n) is 16.8. The molecule has 0 aliphatic heterocycles. The first-order valence-electron chi connectivity index (χ1n) is 9.89. The van der Waals surface area contributed by atoms with E-state index in [2.05, 4.69) is 31.4 Å². The zero-order chi connectivity index (χ0) is 19.3. The fraction of sp³-hybridized carbons (Fsp3) is 0.714. The van der Waals surface area contributed by atoms with Crippen LogP contribution in [-0.2, 0) is 4.79 Å². The van der Waals surface area contributed by atoms with Crippen molar-refractivity contribution < 1.29 is 14.0 Å². The maximum Gasteiger partial charge on any atom is 0.287 e. The summed E-state index contributed by atoms with van der Waals surface area (Å²) in [4.78, 5) is 25.0. The quantitative estimate of drug-likeness (QED) is 0.765. The van der Waals surface area contributed by atoms with E-state index in [-0.39, 0.29) is 29.5 Å². The predicted octanol–water partition coefficient (Wildman–Crippen LogP) is 4.15. The highest BCUT2D eigenvalue weighted by molar-refractivity contribution is 5.95. The minimum atomic E-state index is -0.558. The highest BCUT2D eigenvalue weighted by Crippen LogP contribution is 2.40. The van der Waals surface area contributed by atoms with Crippen LogP contribution in [0.25, 0.3) is 0 Å². The van der Waals surface area contributed by atoms with Crippen molar-refractivity contribution in [3.05, 3.63) is 24.2 Å². The summed E-state index contributed by atoms with van der Waals surface area (Å²) in [7, 11) is 0. The molecule has 1 aliphatic rings. The molecule has 0 bridgehead atoms. The number of carbonyl (C=O) groups excluding carboxylic acids is 2. The van der Waals surface area contributed by atoms with Gasteiger partial charge in [-0.2, -0.15) is 0 Å². The average Bonchev–Trinajstić information content (AvgIpc) is 3.14. The van der Waals surface area contributed by atoms with E-state index in [0.717, 1.165) is 31.6 Å². The highest BCUT2D eigenvalue weighted by Gasteiger charge is 2.33. The Morgan fingerprint density at radius 2 is 1.88 bits per heavy atom. The van der Waals surface area contributed by atoms with E-state index in [9.17, 15) is 9.59 Å². The van der Waals surface area contributed by atoms with Crippen LogP contribution >= 0.6 is 0 Å². The molecule has 1 saturated carbocycles. The third-order valence-electron chi connectivity index (χ3n) is 6.07. The summed E-state index contributed by atoms with van der Waals surface area (Å²) in [5, 5.41) is 5.96. The van der Waals surface area contributed by atoms with Gasteiger partial charge in [-0.3, -0.25) is 9.59 Å². The van der Waals surface area contributed by atoms with Crippen LogP contribution < -0.4 is 10.6 Å². The van der Waals surface area contributed by atoms with Crippen LogP contribution in [0.15, 0.2) is 22.8 Å². The Labute approximate surface area is 157 Å². The first kappa shape index (κ1) is 20.5. The van der Waals surface area contributed by atoms with E-state index < -0.39 is 6.04 Å². The highest BCUT2D eigenvalue weighted by atomic mass is 16.3. The summed E-state index contributed by atoms with van der Waals surface area (Å²) >= 11 is 0. The Morgan fingerprint density at radius 1 is 1.23 bits per heavy atom. The molecule has 1 fully saturated rings. The van der Waals surface area contributed by atoms with Gasteiger partial charge >= 0.3 is 0 Å². The molecular formula is C21H34N2O3. The normalized spacial score (nSPS) is 22.1. The third kappa shape index (κ3) is 5.12. The van der Waals surface area contributed by atoms with Gasteiger partial charge in [0.2, 0.25) is 5.91 Å². The summed E-state index contributed by atoms with van der Waals surface area (Å²) < 4.78 is 5.12. The lowest BCUT2D eigenvalue weighted by Gasteiger charge is -2.39. The molecule has 2 rings (SSSR count). The molecule has 1 unspecified atom stereocenters. The fourth-order valence-corrected chi connectivity index (χ4v) is 3.75. The van der Waals surface area contributed by atoms with Crippen LogP contribution in [0.5, 0.6) is 0 Å². The maximum atomic E-state index is 12.7. The summed E-state index contributed by atoms with van der Waals surface area (Å²) in [5.41, 5.74) is 0.368. The predicted molar refractivity (Wildman–Crippen MR) is 103 cm³/mol. The molecule has 1 aromatic rings. The standard InChI is InChI=1S/C21H34N2O3/c1-6-21(4,5)15-9-11-16(12-10-15)22-20(25)18(14(2)3)23-19(24)17-8-7-13-26-17/h7-8,13-16,18H,6,9-12H2,1-5H3,(H,22,25)(H,23,24).